The predicted molar refractivity (Wildman–Crippen MR) is 98.6 cm³/mol. The van der Waals surface area contributed by atoms with E-state index in [9.17, 15) is 0 Å². The summed E-state index contributed by atoms with van der Waals surface area (Å²) in [5.41, 5.74) is 0. The van der Waals surface area contributed by atoms with Crippen molar-refractivity contribution in [1.82, 2.24) is 15.5 Å². The lowest BCUT2D eigenvalue weighted by atomic mass is 10.3. The van der Waals surface area contributed by atoms with Gasteiger partial charge in [0.2, 0.25) is 0 Å². The molecule has 0 aliphatic carbocycles. The van der Waals surface area contributed by atoms with Crippen molar-refractivity contribution in [1.29, 1.82) is 0 Å². The van der Waals surface area contributed by atoms with Gasteiger partial charge in [-0.3, -0.25) is 4.99 Å². The molecular formula is C16H36N4S. The van der Waals surface area contributed by atoms with Crippen molar-refractivity contribution >= 4 is 17.7 Å². The largest absolute Gasteiger partial charge is 0.356 e. The van der Waals surface area contributed by atoms with Crippen LogP contribution in [-0.4, -0.2) is 62.6 Å². The number of hydrogen-bond acceptors (Lipinski definition) is 3. The van der Waals surface area contributed by atoms with Crippen LogP contribution in [0.1, 0.15) is 46.0 Å². The van der Waals surface area contributed by atoms with Gasteiger partial charge in [-0.25, -0.2) is 0 Å². The summed E-state index contributed by atoms with van der Waals surface area (Å²) in [4.78, 5) is 6.83. The first-order valence-electron chi connectivity index (χ1n) is 8.44. The standard InChI is InChI=1S/C16H36N4S/c1-5-12-20(13-6-2)14-9-11-19-16(17-3)18-10-7-8-15-21-4/h5-15H2,1-4H3,(H2,17,18,19). The maximum atomic E-state index is 4.27. The highest BCUT2D eigenvalue weighted by atomic mass is 32.2. The van der Waals surface area contributed by atoms with E-state index in [-0.39, 0.29) is 0 Å². The molecule has 21 heavy (non-hydrogen) atoms. The molecule has 0 rings (SSSR count). The molecule has 0 saturated carbocycles. The van der Waals surface area contributed by atoms with E-state index in [1.54, 1.807) is 0 Å². The van der Waals surface area contributed by atoms with E-state index >= 15 is 0 Å². The molecule has 0 heterocycles. The minimum atomic E-state index is 0.941. The number of nitrogens with one attached hydrogen (secondary N) is 2. The average Bonchev–Trinajstić information content (AvgIpc) is 2.49. The van der Waals surface area contributed by atoms with Crippen molar-refractivity contribution in [2.45, 2.75) is 46.0 Å². The van der Waals surface area contributed by atoms with Crippen LogP contribution >= 0.6 is 11.8 Å². The van der Waals surface area contributed by atoms with Crippen LogP contribution in [0.4, 0.5) is 0 Å². The predicted octanol–water partition coefficient (Wildman–Crippen LogP) is 2.81. The summed E-state index contributed by atoms with van der Waals surface area (Å²) in [5.74, 6) is 2.19. The first-order valence-corrected chi connectivity index (χ1v) is 9.83. The van der Waals surface area contributed by atoms with Crippen LogP contribution in [0, 0.1) is 0 Å². The Bertz CT molecular complexity index is 240. The van der Waals surface area contributed by atoms with Crippen LogP contribution in [0.5, 0.6) is 0 Å². The van der Waals surface area contributed by atoms with Gasteiger partial charge in [0, 0.05) is 20.1 Å². The van der Waals surface area contributed by atoms with Gasteiger partial charge in [0.05, 0.1) is 0 Å². The van der Waals surface area contributed by atoms with Crippen molar-refractivity contribution in [3.05, 3.63) is 0 Å². The Labute approximate surface area is 136 Å². The Morgan fingerprint density at radius 3 is 2.10 bits per heavy atom. The molecule has 0 aromatic rings. The Kier molecular flexibility index (Phi) is 15.6. The molecule has 0 aromatic carbocycles. The highest BCUT2D eigenvalue weighted by molar-refractivity contribution is 7.98. The Morgan fingerprint density at radius 1 is 0.952 bits per heavy atom. The number of unbranched alkanes of at least 4 members (excludes halogenated alkanes) is 1. The maximum Gasteiger partial charge on any atom is 0.190 e. The van der Waals surface area contributed by atoms with Gasteiger partial charge in [0.1, 0.15) is 0 Å². The van der Waals surface area contributed by atoms with Crippen molar-refractivity contribution in [3.8, 4) is 0 Å². The van der Waals surface area contributed by atoms with Crippen LogP contribution in [-0.2, 0) is 0 Å². The molecule has 0 radical (unpaired) electrons. The number of thioether (sulfide) groups is 1. The number of rotatable bonds is 13. The van der Waals surface area contributed by atoms with Gasteiger partial charge in [-0.1, -0.05) is 13.8 Å². The average molecular weight is 317 g/mol. The van der Waals surface area contributed by atoms with E-state index in [1.807, 2.05) is 18.8 Å². The molecule has 0 saturated heterocycles. The maximum absolute atomic E-state index is 4.27. The first-order chi connectivity index (χ1) is 10.3. The van der Waals surface area contributed by atoms with Crippen LogP contribution < -0.4 is 10.6 Å². The van der Waals surface area contributed by atoms with Gasteiger partial charge in [-0.05, 0) is 63.7 Å². The molecule has 0 aromatic heterocycles. The van der Waals surface area contributed by atoms with E-state index < -0.39 is 0 Å². The van der Waals surface area contributed by atoms with Crippen molar-refractivity contribution in [3.63, 3.8) is 0 Å². The summed E-state index contributed by atoms with van der Waals surface area (Å²) < 4.78 is 0. The van der Waals surface area contributed by atoms with E-state index in [0.29, 0.717) is 0 Å². The lowest BCUT2D eigenvalue weighted by Crippen LogP contribution is -2.39. The Morgan fingerprint density at radius 2 is 1.57 bits per heavy atom. The number of guanidine groups is 1. The number of nitrogens with zero attached hydrogens (tertiary/aromatic N) is 2. The van der Waals surface area contributed by atoms with Crippen molar-refractivity contribution in [2.75, 3.05) is 51.8 Å². The van der Waals surface area contributed by atoms with Crippen molar-refractivity contribution in [2.24, 2.45) is 4.99 Å². The third-order valence-corrected chi connectivity index (χ3v) is 4.01. The first kappa shape index (κ1) is 20.6. The fourth-order valence-electron chi connectivity index (χ4n) is 2.28. The van der Waals surface area contributed by atoms with Gasteiger partial charge >= 0.3 is 0 Å². The van der Waals surface area contributed by atoms with Gasteiger partial charge in [-0.15, -0.1) is 0 Å². The summed E-state index contributed by atoms with van der Waals surface area (Å²) in [6.45, 7) is 10.1. The lowest BCUT2D eigenvalue weighted by molar-refractivity contribution is 0.271. The minimum absolute atomic E-state index is 0.941. The van der Waals surface area contributed by atoms with Crippen molar-refractivity contribution < 1.29 is 0 Å². The second-order valence-electron chi connectivity index (χ2n) is 5.32. The molecule has 0 amide bonds. The molecule has 126 valence electrons. The summed E-state index contributed by atoms with van der Waals surface area (Å²) in [7, 11) is 1.84. The molecule has 0 aliphatic heterocycles. The normalized spacial score (nSPS) is 12.0. The van der Waals surface area contributed by atoms with E-state index in [0.717, 1.165) is 19.0 Å². The summed E-state index contributed by atoms with van der Waals surface area (Å²) in [6, 6.07) is 0. The molecule has 0 spiro atoms. The number of hydrogen-bond donors (Lipinski definition) is 2. The number of aliphatic imine (C=N–C) groups is 1. The van der Waals surface area contributed by atoms with Gasteiger partial charge in [0.25, 0.3) is 0 Å². The smallest absolute Gasteiger partial charge is 0.190 e. The Hall–Kier alpha value is -0.420. The fourth-order valence-corrected chi connectivity index (χ4v) is 2.77. The zero-order valence-corrected chi connectivity index (χ0v) is 15.4. The highest BCUT2D eigenvalue weighted by Crippen LogP contribution is 1.98. The molecule has 5 heteroatoms. The summed E-state index contributed by atoms with van der Waals surface area (Å²) in [6.07, 6.45) is 8.30. The van der Waals surface area contributed by atoms with Gasteiger partial charge in [0.15, 0.2) is 5.96 Å². The quantitative estimate of drug-likeness (QED) is 0.311. The van der Waals surface area contributed by atoms with Crippen LogP contribution in [0.3, 0.4) is 0 Å². The lowest BCUT2D eigenvalue weighted by Gasteiger charge is -2.21. The van der Waals surface area contributed by atoms with Gasteiger partial charge < -0.3 is 15.5 Å². The third-order valence-electron chi connectivity index (χ3n) is 3.31. The molecule has 0 fully saturated rings. The third kappa shape index (κ3) is 13.0. The molecule has 2 N–H and O–H groups in total. The Balaban J connectivity index is 3.66. The molecule has 0 unspecified atom stereocenters. The molecule has 0 bridgehead atoms. The molecular weight excluding hydrogens is 280 g/mol. The zero-order valence-electron chi connectivity index (χ0n) is 14.6. The zero-order chi connectivity index (χ0) is 15.8. The minimum Gasteiger partial charge on any atom is -0.356 e. The second-order valence-corrected chi connectivity index (χ2v) is 6.31. The topological polar surface area (TPSA) is 39.7 Å². The van der Waals surface area contributed by atoms with Crippen LogP contribution in [0.15, 0.2) is 4.99 Å². The van der Waals surface area contributed by atoms with E-state index in [4.69, 9.17) is 0 Å². The van der Waals surface area contributed by atoms with Gasteiger partial charge in [-0.2, -0.15) is 11.8 Å². The second kappa shape index (κ2) is 16.0. The summed E-state index contributed by atoms with van der Waals surface area (Å²) in [5, 5.41) is 6.79. The fraction of sp³-hybridized carbons (Fsp3) is 0.938. The monoisotopic (exact) mass is 316 g/mol. The van der Waals surface area contributed by atoms with Crippen LogP contribution in [0.25, 0.3) is 0 Å². The van der Waals surface area contributed by atoms with Crippen LogP contribution in [0.2, 0.25) is 0 Å². The summed E-state index contributed by atoms with van der Waals surface area (Å²) >= 11 is 1.92. The molecule has 0 atom stereocenters. The SMILES string of the molecule is CCCN(CCC)CCCNC(=NC)NCCCCSC. The van der Waals surface area contributed by atoms with E-state index in [1.165, 1.54) is 57.5 Å². The van der Waals surface area contributed by atoms with E-state index in [2.05, 4.69) is 40.6 Å². The molecule has 0 aliphatic rings. The molecule has 4 nitrogen and oxygen atoms in total. The highest BCUT2D eigenvalue weighted by Gasteiger charge is 2.02.